The first-order chi connectivity index (χ1) is 8.54. The second-order valence-corrected chi connectivity index (χ2v) is 5.17. The zero-order valence-electron chi connectivity index (χ0n) is 11.5. The predicted octanol–water partition coefficient (Wildman–Crippen LogP) is 2.82. The smallest absolute Gasteiger partial charge is 0.121 e. The standard InChI is InChI=1S/C14H23ClN2O/c1-4-17(10-6-9-16(2)3)11-12-13(15)7-5-8-14(12)18/h5,7-8,18H,4,6,9-11H2,1-3H3. The summed E-state index contributed by atoms with van der Waals surface area (Å²) in [5, 5.41) is 10.5. The summed E-state index contributed by atoms with van der Waals surface area (Å²) in [6.45, 7) is 5.88. The van der Waals surface area contributed by atoms with Crippen LogP contribution in [0.5, 0.6) is 5.75 Å². The van der Waals surface area contributed by atoms with Crippen LogP contribution in [-0.4, -0.2) is 48.6 Å². The summed E-state index contributed by atoms with van der Waals surface area (Å²) in [7, 11) is 4.16. The van der Waals surface area contributed by atoms with Crippen molar-refractivity contribution < 1.29 is 5.11 Å². The quantitative estimate of drug-likeness (QED) is 0.825. The third kappa shape index (κ3) is 4.84. The van der Waals surface area contributed by atoms with Crippen LogP contribution < -0.4 is 0 Å². The number of aromatic hydroxyl groups is 1. The van der Waals surface area contributed by atoms with Gasteiger partial charge in [0.15, 0.2) is 0 Å². The molecule has 0 atom stereocenters. The van der Waals surface area contributed by atoms with Gasteiger partial charge in [-0.1, -0.05) is 24.6 Å². The van der Waals surface area contributed by atoms with Crippen LogP contribution in [0.2, 0.25) is 5.02 Å². The van der Waals surface area contributed by atoms with Crippen LogP contribution >= 0.6 is 11.6 Å². The van der Waals surface area contributed by atoms with E-state index in [2.05, 4.69) is 30.8 Å². The van der Waals surface area contributed by atoms with Crippen molar-refractivity contribution in [1.29, 1.82) is 0 Å². The van der Waals surface area contributed by atoms with Crippen LogP contribution in [0.4, 0.5) is 0 Å². The maximum absolute atomic E-state index is 9.83. The Bertz CT molecular complexity index is 349. The number of nitrogens with zero attached hydrogens (tertiary/aromatic N) is 2. The van der Waals surface area contributed by atoms with Gasteiger partial charge in [0.05, 0.1) is 0 Å². The van der Waals surface area contributed by atoms with Gasteiger partial charge < -0.3 is 10.0 Å². The third-order valence-electron chi connectivity index (χ3n) is 3.00. The Kier molecular flexibility index (Phi) is 6.47. The number of phenolic OH excluding ortho intramolecular Hbond substituents is 1. The van der Waals surface area contributed by atoms with Crippen molar-refractivity contribution in [2.24, 2.45) is 0 Å². The minimum Gasteiger partial charge on any atom is -0.508 e. The largest absolute Gasteiger partial charge is 0.508 e. The van der Waals surface area contributed by atoms with Gasteiger partial charge in [-0.05, 0) is 52.3 Å². The Labute approximate surface area is 115 Å². The highest BCUT2D eigenvalue weighted by Gasteiger charge is 2.10. The highest BCUT2D eigenvalue weighted by atomic mass is 35.5. The van der Waals surface area contributed by atoms with E-state index in [1.807, 2.05) is 6.07 Å². The predicted molar refractivity (Wildman–Crippen MR) is 77.2 cm³/mol. The summed E-state index contributed by atoms with van der Waals surface area (Å²) in [5.41, 5.74) is 0.825. The van der Waals surface area contributed by atoms with Crippen LogP contribution in [0.15, 0.2) is 18.2 Å². The molecule has 0 unspecified atom stereocenters. The van der Waals surface area contributed by atoms with Crippen LogP contribution in [0.1, 0.15) is 18.9 Å². The van der Waals surface area contributed by atoms with Crippen molar-refractivity contribution in [2.75, 3.05) is 33.7 Å². The zero-order chi connectivity index (χ0) is 13.5. The molecule has 18 heavy (non-hydrogen) atoms. The van der Waals surface area contributed by atoms with Crippen molar-refractivity contribution >= 4 is 11.6 Å². The van der Waals surface area contributed by atoms with E-state index in [9.17, 15) is 5.11 Å². The Morgan fingerprint density at radius 2 is 1.94 bits per heavy atom. The lowest BCUT2D eigenvalue weighted by Gasteiger charge is -2.22. The second kappa shape index (κ2) is 7.62. The molecule has 1 aromatic carbocycles. The van der Waals surface area contributed by atoms with Gasteiger partial charge in [0, 0.05) is 17.1 Å². The molecule has 0 aliphatic heterocycles. The topological polar surface area (TPSA) is 26.7 Å². The highest BCUT2D eigenvalue weighted by molar-refractivity contribution is 6.31. The molecule has 0 radical (unpaired) electrons. The second-order valence-electron chi connectivity index (χ2n) is 4.76. The SMILES string of the molecule is CCN(CCCN(C)C)Cc1c(O)cccc1Cl. The molecule has 0 aromatic heterocycles. The highest BCUT2D eigenvalue weighted by Crippen LogP contribution is 2.26. The summed E-state index contributed by atoms with van der Waals surface area (Å²) in [5.74, 6) is 0.286. The van der Waals surface area contributed by atoms with E-state index < -0.39 is 0 Å². The number of hydrogen-bond donors (Lipinski definition) is 1. The molecule has 3 nitrogen and oxygen atoms in total. The Balaban J connectivity index is 2.57. The molecule has 0 saturated heterocycles. The van der Waals surface area contributed by atoms with Crippen molar-refractivity contribution in [3.8, 4) is 5.75 Å². The molecule has 0 spiro atoms. The molecule has 0 bridgehead atoms. The number of halogens is 1. The fourth-order valence-electron chi connectivity index (χ4n) is 1.89. The molecule has 0 aliphatic carbocycles. The van der Waals surface area contributed by atoms with Crippen LogP contribution in [0.25, 0.3) is 0 Å². The molecule has 4 heteroatoms. The van der Waals surface area contributed by atoms with Gasteiger partial charge in [-0.2, -0.15) is 0 Å². The van der Waals surface area contributed by atoms with E-state index in [1.165, 1.54) is 0 Å². The molecule has 0 saturated carbocycles. The van der Waals surface area contributed by atoms with Gasteiger partial charge in [0.25, 0.3) is 0 Å². The molecule has 0 aliphatic rings. The maximum Gasteiger partial charge on any atom is 0.121 e. The molecule has 0 amide bonds. The van der Waals surface area contributed by atoms with E-state index in [-0.39, 0.29) is 5.75 Å². The zero-order valence-corrected chi connectivity index (χ0v) is 12.2. The number of hydrogen-bond acceptors (Lipinski definition) is 3. The lowest BCUT2D eigenvalue weighted by Crippen LogP contribution is -2.27. The van der Waals surface area contributed by atoms with Gasteiger partial charge in [-0.25, -0.2) is 0 Å². The minimum absolute atomic E-state index is 0.286. The van der Waals surface area contributed by atoms with Crippen molar-refractivity contribution in [2.45, 2.75) is 19.9 Å². The van der Waals surface area contributed by atoms with Gasteiger partial charge in [0.2, 0.25) is 0 Å². The van der Waals surface area contributed by atoms with E-state index in [1.54, 1.807) is 12.1 Å². The first-order valence-electron chi connectivity index (χ1n) is 6.38. The average Bonchev–Trinajstić information content (AvgIpc) is 2.31. The molecule has 1 N–H and O–H groups in total. The van der Waals surface area contributed by atoms with Crippen LogP contribution in [0, 0.1) is 0 Å². The van der Waals surface area contributed by atoms with Crippen molar-refractivity contribution in [1.82, 2.24) is 9.80 Å². The monoisotopic (exact) mass is 270 g/mol. The average molecular weight is 271 g/mol. The van der Waals surface area contributed by atoms with Crippen molar-refractivity contribution in [3.05, 3.63) is 28.8 Å². The molecular formula is C14H23ClN2O. The summed E-state index contributed by atoms with van der Waals surface area (Å²) in [6.07, 6.45) is 1.12. The summed E-state index contributed by atoms with van der Waals surface area (Å²) in [6, 6.07) is 5.28. The summed E-state index contributed by atoms with van der Waals surface area (Å²) < 4.78 is 0. The fourth-order valence-corrected chi connectivity index (χ4v) is 2.12. The minimum atomic E-state index is 0.286. The molecule has 1 aromatic rings. The lowest BCUT2D eigenvalue weighted by molar-refractivity contribution is 0.256. The lowest BCUT2D eigenvalue weighted by atomic mass is 10.2. The Morgan fingerprint density at radius 1 is 1.22 bits per heavy atom. The normalized spacial score (nSPS) is 11.4. The van der Waals surface area contributed by atoms with Crippen molar-refractivity contribution in [3.63, 3.8) is 0 Å². The first kappa shape index (κ1) is 15.3. The Morgan fingerprint density at radius 3 is 2.50 bits per heavy atom. The molecule has 1 rings (SSSR count). The molecule has 0 heterocycles. The fraction of sp³-hybridized carbons (Fsp3) is 0.571. The van der Waals surface area contributed by atoms with E-state index in [0.717, 1.165) is 31.6 Å². The van der Waals surface area contributed by atoms with Gasteiger partial charge in [-0.3, -0.25) is 4.90 Å². The van der Waals surface area contributed by atoms with Crippen LogP contribution in [0.3, 0.4) is 0 Å². The Hall–Kier alpha value is -0.770. The maximum atomic E-state index is 9.83. The molecule has 0 fully saturated rings. The summed E-state index contributed by atoms with van der Waals surface area (Å²) >= 11 is 6.12. The van der Waals surface area contributed by atoms with Gasteiger partial charge in [-0.15, -0.1) is 0 Å². The van der Waals surface area contributed by atoms with E-state index >= 15 is 0 Å². The van der Waals surface area contributed by atoms with Gasteiger partial charge >= 0.3 is 0 Å². The number of phenols is 1. The molecule has 102 valence electrons. The number of rotatable bonds is 7. The third-order valence-corrected chi connectivity index (χ3v) is 3.36. The first-order valence-corrected chi connectivity index (χ1v) is 6.75. The van der Waals surface area contributed by atoms with E-state index in [4.69, 9.17) is 11.6 Å². The molecular weight excluding hydrogens is 248 g/mol. The van der Waals surface area contributed by atoms with Gasteiger partial charge in [0.1, 0.15) is 5.75 Å². The number of benzene rings is 1. The summed E-state index contributed by atoms with van der Waals surface area (Å²) in [4.78, 5) is 4.48. The van der Waals surface area contributed by atoms with Crippen LogP contribution in [-0.2, 0) is 6.54 Å². The van der Waals surface area contributed by atoms with E-state index in [0.29, 0.717) is 11.6 Å².